The first-order chi connectivity index (χ1) is 32.3. The maximum atomic E-state index is 14.1. The molecule has 0 amide bonds. The van der Waals surface area contributed by atoms with Gasteiger partial charge in [0.25, 0.3) is 8.32 Å². The van der Waals surface area contributed by atoms with Crippen molar-refractivity contribution in [2.45, 2.75) is 152 Å². The number of rotatable bonds is 22. The van der Waals surface area contributed by atoms with E-state index in [2.05, 4.69) is 157 Å². The lowest BCUT2D eigenvalue weighted by atomic mass is 9.91. The van der Waals surface area contributed by atoms with E-state index in [1.165, 1.54) is 10.4 Å². The van der Waals surface area contributed by atoms with Gasteiger partial charge in [-0.05, 0) is 122 Å². The van der Waals surface area contributed by atoms with E-state index in [9.17, 15) is 4.79 Å². The molecule has 5 aromatic carbocycles. The number of hydrogen-bond donors (Lipinski definition) is 0. The van der Waals surface area contributed by atoms with Gasteiger partial charge in [0.05, 0.1) is 32.0 Å². The largest absolute Gasteiger partial charge is 0.497 e. The fourth-order valence-electron chi connectivity index (χ4n) is 9.27. The van der Waals surface area contributed by atoms with Gasteiger partial charge >= 0.3 is 5.97 Å². The number of aryl methyl sites for hydroxylation is 2. The molecule has 1 aliphatic heterocycles. The predicted octanol–water partition coefficient (Wildman–Crippen LogP) is 13.4. The summed E-state index contributed by atoms with van der Waals surface area (Å²) in [4.78, 5) is 15.2. The fraction of sp³-hybridized carbons (Fsp3) is 0.431. The molecule has 1 heterocycles. The van der Waals surface area contributed by atoms with Crippen molar-refractivity contribution >= 4 is 44.5 Å². The Morgan fingerprint density at radius 3 is 1.97 bits per heavy atom. The second-order valence-corrected chi connectivity index (χ2v) is 32.1. The number of carbonyl (C=O) groups is 1. The SMILES string of the molecule is COc1ccc(COC(/C=C\C[C@H](C)O[Si](c2ccccc2)(c2ccccc2)C(C)(C)C)[C@H]2OC(C)(C)O[C@@H]2CCC(Sc2ccccc2)c2c(C)ccc(C)c2C(=O)OCC[Si](C)(C)C)cc1. The van der Waals surface area contributed by atoms with Gasteiger partial charge in [0.15, 0.2) is 5.79 Å². The molecular formula is C58H76O7SSi2. The summed E-state index contributed by atoms with van der Waals surface area (Å²) in [5.41, 5.74) is 4.72. The van der Waals surface area contributed by atoms with Crippen molar-refractivity contribution in [2.24, 2.45) is 0 Å². The van der Waals surface area contributed by atoms with Crippen molar-refractivity contribution in [1.82, 2.24) is 0 Å². The van der Waals surface area contributed by atoms with Crippen LogP contribution in [0.5, 0.6) is 5.75 Å². The summed E-state index contributed by atoms with van der Waals surface area (Å²) in [6.07, 6.45) is 5.16. The number of benzene rings is 5. The molecule has 5 atom stereocenters. The maximum absolute atomic E-state index is 14.1. The summed E-state index contributed by atoms with van der Waals surface area (Å²) in [5.74, 6) is -0.302. The fourth-order valence-corrected chi connectivity index (χ4v) is 16.0. The molecule has 6 rings (SSSR count). The van der Waals surface area contributed by atoms with Gasteiger partial charge < -0.3 is 28.1 Å². The lowest BCUT2D eigenvalue weighted by Crippen LogP contribution is -2.67. The number of methoxy groups -OCH3 is 1. The van der Waals surface area contributed by atoms with Crippen LogP contribution >= 0.6 is 11.8 Å². The van der Waals surface area contributed by atoms with Gasteiger partial charge in [-0.15, -0.1) is 11.8 Å². The van der Waals surface area contributed by atoms with E-state index in [0.717, 1.165) is 45.4 Å². The Labute approximate surface area is 414 Å². The third kappa shape index (κ3) is 14.0. The second kappa shape index (κ2) is 23.6. The van der Waals surface area contributed by atoms with Gasteiger partial charge in [0.2, 0.25) is 0 Å². The van der Waals surface area contributed by atoms with Gasteiger partial charge in [-0.1, -0.05) is 156 Å². The van der Waals surface area contributed by atoms with Gasteiger partial charge in [-0.25, -0.2) is 4.79 Å². The molecule has 68 heavy (non-hydrogen) atoms. The normalized spacial score (nSPS) is 17.8. The average Bonchev–Trinajstić information content (AvgIpc) is 3.62. The maximum Gasteiger partial charge on any atom is 0.338 e. The Kier molecular flexibility index (Phi) is 18.4. The van der Waals surface area contributed by atoms with E-state index in [4.69, 9.17) is 28.1 Å². The van der Waals surface area contributed by atoms with Crippen LogP contribution in [0.25, 0.3) is 0 Å². The zero-order valence-corrected chi connectivity index (χ0v) is 45.5. The monoisotopic (exact) mass is 972 g/mol. The van der Waals surface area contributed by atoms with Gasteiger partial charge in [0.1, 0.15) is 18.0 Å². The van der Waals surface area contributed by atoms with Crippen molar-refractivity contribution < 1.29 is 32.9 Å². The Morgan fingerprint density at radius 2 is 1.40 bits per heavy atom. The van der Waals surface area contributed by atoms with Crippen molar-refractivity contribution in [2.75, 3.05) is 13.7 Å². The van der Waals surface area contributed by atoms with E-state index in [0.29, 0.717) is 31.6 Å². The molecule has 0 bridgehead atoms. The molecule has 0 spiro atoms. The van der Waals surface area contributed by atoms with Crippen molar-refractivity contribution in [3.63, 3.8) is 0 Å². The third-order valence-electron chi connectivity index (χ3n) is 12.8. The topological polar surface area (TPSA) is 72.5 Å². The van der Waals surface area contributed by atoms with Crippen LogP contribution in [0, 0.1) is 13.8 Å². The highest BCUT2D eigenvalue weighted by Crippen LogP contribution is 2.45. The van der Waals surface area contributed by atoms with Gasteiger partial charge in [0, 0.05) is 24.3 Å². The molecule has 1 saturated heterocycles. The minimum atomic E-state index is -2.77. The third-order valence-corrected chi connectivity index (χ3v) is 20.9. The van der Waals surface area contributed by atoms with Crippen LogP contribution in [0.2, 0.25) is 30.7 Å². The molecule has 1 aliphatic rings. The van der Waals surface area contributed by atoms with Crippen LogP contribution in [-0.4, -0.2) is 66.3 Å². The standard InChI is InChI=1S/C58H76O7SSi2/c1-42-31-32-43(2)54(56(59)61-39-40-67(10,11)12)53(42)52(66-47-24-16-13-17-25-47)38-37-51-55(64-58(7,8)63-51)50(62-41-45-33-35-46(60-9)36-34-45)30-22-23-44(3)65-68(57(4,5)6,48-26-18-14-19-27-48)49-28-20-15-21-29-49/h13-22,24-36,44,50-52,55H,23,37-41H2,1-12H3/b30-22-/t44-,50?,51+,52?,55+/m0/s1. The zero-order valence-electron chi connectivity index (χ0n) is 42.7. The average molecular weight is 973 g/mol. The predicted molar refractivity (Wildman–Crippen MR) is 286 cm³/mol. The van der Waals surface area contributed by atoms with Gasteiger partial charge in [-0.2, -0.15) is 0 Å². The summed E-state index contributed by atoms with van der Waals surface area (Å²) < 4.78 is 39.6. The molecule has 0 saturated carbocycles. The van der Waals surface area contributed by atoms with E-state index in [1.54, 1.807) is 18.9 Å². The molecule has 0 aliphatic carbocycles. The molecule has 10 heteroatoms. The second-order valence-electron chi connectivity index (χ2n) is 20.9. The van der Waals surface area contributed by atoms with E-state index in [-0.39, 0.29) is 28.5 Å². The van der Waals surface area contributed by atoms with E-state index >= 15 is 0 Å². The molecule has 0 N–H and O–H groups in total. The first kappa shape index (κ1) is 53.1. The number of ether oxygens (including phenoxy) is 5. The molecule has 5 aromatic rings. The van der Waals surface area contributed by atoms with Gasteiger partial charge in [-0.3, -0.25) is 0 Å². The highest BCUT2D eigenvalue weighted by Gasteiger charge is 2.51. The molecule has 0 aromatic heterocycles. The first-order valence-corrected chi connectivity index (χ1v) is 30.8. The quantitative estimate of drug-likeness (QED) is 0.0294. The van der Waals surface area contributed by atoms with Crippen molar-refractivity contribution in [1.29, 1.82) is 0 Å². The first-order valence-electron chi connectivity index (χ1n) is 24.3. The zero-order chi connectivity index (χ0) is 49.1. The smallest absolute Gasteiger partial charge is 0.338 e. The van der Waals surface area contributed by atoms with Crippen LogP contribution in [-0.2, 0) is 30.0 Å². The van der Waals surface area contributed by atoms with Crippen LogP contribution in [0.3, 0.4) is 0 Å². The Bertz CT molecular complexity index is 2340. The summed E-state index contributed by atoms with van der Waals surface area (Å²) in [6, 6.07) is 45.1. The minimum Gasteiger partial charge on any atom is -0.497 e. The number of carbonyl (C=O) groups excluding carboxylic acids is 1. The molecule has 7 nitrogen and oxygen atoms in total. The van der Waals surface area contributed by atoms with E-state index < -0.39 is 34.4 Å². The summed E-state index contributed by atoms with van der Waals surface area (Å²) in [5, 5.41) is 2.30. The number of esters is 1. The summed E-state index contributed by atoms with van der Waals surface area (Å²) in [7, 11) is -2.51. The number of thioether (sulfide) groups is 1. The Balaban J connectivity index is 1.31. The Morgan fingerprint density at radius 1 is 0.809 bits per heavy atom. The molecule has 0 radical (unpaired) electrons. The molecule has 2 unspecified atom stereocenters. The van der Waals surface area contributed by atoms with Crippen LogP contribution in [0.1, 0.15) is 98.7 Å². The van der Waals surface area contributed by atoms with Crippen LogP contribution < -0.4 is 15.1 Å². The lowest BCUT2D eigenvalue weighted by Gasteiger charge is -2.44. The molecule has 364 valence electrons. The molecular weight excluding hydrogens is 897 g/mol. The van der Waals surface area contributed by atoms with Crippen molar-refractivity contribution in [3.05, 3.63) is 167 Å². The number of hydrogen-bond acceptors (Lipinski definition) is 8. The highest BCUT2D eigenvalue weighted by atomic mass is 32.2. The lowest BCUT2D eigenvalue weighted by molar-refractivity contribution is -0.156. The van der Waals surface area contributed by atoms with Crippen LogP contribution in [0.4, 0.5) is 0 Å². The van der Waals surface area contributed by atoms with E-state index in [1.807, 2.05) is 57.2 Å². The van der Waals surface area contributed by atoms with Crippen LogP contribution in [0.15, 0.2) is 144 Å². The van der Waals surface area contributed by atoms with Crippen molar-refractivity contribution in [3.8, 4) is 5.75 Å². The minimum absolute atomic E-state index is 0.0708. The Hall–Kier alpha value is -4.27. The summed E-state index contributed by atoms with van der Waals surface area (Å²) >= 11 is 1.78. The highest BCUT2D eigenvalue weighted by molar-refractivity contribution is 7.99. The summed E-state index contributed by atoms with van der Waals surface area (Å²) in [6.45, 7) is 24.9. The molecule has 1 fully saturated rings.